The van der Waals surface area contributed by atoms with E-state index in [2.05, 4.69) is 15.3 Å². The van der Waals surface area contributed by atoms with Crippen molar-refractivity contribution < 1.29 is 13.8 Å². The molecule has 3 heterocycles. The van der Waals surface area contributed by atoms with Crippen LogP contribution in [0.15, 0.2) is 68.8 Å². The third-order valence-corrected chi connectivity index (χ3v) is 4.74. The zero-order valence-corrected chi connectivity index (χ0v) is 14.6. The number of hydrogen-bond donors (Lipinski definition) is 0. The monoisotopic (exact) mass is 366 g/mol. The van der Waals surface area contributed by atoms with Crippen LogP contribution in [0.4, 0.5) is 0 Å². The molecule has 0 amide bonds. The van der Waals surface area contributed by atoms with E-state index < -0.39 is 0 Å². The highest BCUT2D eigenvalue weighted by molar-refractivity contribution is 7.98. The van der Waals surface area contributed by atoms with Crippen LogP contribution in [0.25, 0.3) is 22.7 Å². The van der Waals surface area contributed by atoms with Gasteiger partial charge in [-0.2, -0.15) is 9.71 Å². The molecule has 0 atom stereocenters. The van der Waals surface area contributed by atoms with Crippen LogP contribution in [0.2, 0.25) is 0 Å². The van der Waals surface area contributed by atoms with Gasteiger partial charge in [0.2, 0.25) is 0 Å². The summed E-state index contributed by atoms with van der Waals surface area (Å²) in [7, 11) is 0. The zero-order valence-electron chi connectivity index (χ0n) is 13.8. The van der Waals surface area contributed by atoms with Gasteiger partial charge in [0, 0.05) is 17.7 Å². The first-order chi connectivity index (χ1) is 12.7. The fourth-order valence-electron chi connectivity index (χ4n) is 2.49. The molecule has 4 rings (SSSR count). The molecule has 0 bridgehead atoms. The van der Waals surface area contributed by atoms with E-state index in [0.29, 0.717) is 39.5 Å². The van der Waals surface area contributed by atoms with Crippen molar-refractivity contribution in [3.05, 3.63) is 71.5 Å². The van der Waals surface area contributed by atoms with E-state index in [-0.39, 0.29) is 0 Å². The summed E-state index contributed by atoms with van der Waals surface area (Å²) in [5.41, 5.74) is 2.25. The fourth-order valence-corrected chi connectivity index (χ4v) is 3.25. The molecular formula is C18H14N4O3S. The molecule has 8 heteroatoms. The molecule has 3 aromatic heterocycles. The molecular weight excluding hydrogens is 352 g/mol. The third kappa shape index (κ3) is 3.18. The van der Waals surface area contributed by atoms with E-state index in [0.717, 1.165) is 10.3 Å². The molecule has 130 valence electrons. The Morgan fingerprint density at radius 1 is 1.04 bits per heavy atom. The molecule has 26 heavy (non-hydrogen) atoms. The Balaban J connectivity index is 1.59. The molecule has 1 aromatic carbocycles. The maximum absolute atomic E-state index is 11.7. The topological polar surface area (TPSA) is 91.9 Å². The number of hydrogen-bond acceptors (Lipinski definition) is 7. The van der Waals surface area contributed by atoms with Gasteiger partial charge >= 0.3 is 0 Å². The van der Waals surface area contributed by atoms with Crippen LogP contribution < -0.4 is 4.73 Å². The van der Waals surface area contributed by atoms with Crippen LogP contribution >= 0.6 is 11.8 Å². The first-order valence-electron chi connectivity index (χ1n) is 7.88. The Hall–Kier alpha value is -3.13. The highest BCUT2D eigenvalue weighted by Gasteiger charge is 2.22. The first kappa shape index (κ1) is 16.3. The average molecular weight is 366 g/mol. The van der Waals surface area contributed by atoms with Gasteiger partial charge in [-0.05, 0) is 24.8 Å². The molecule has 0 aliphatic carbocycles. The van der Waals surface area contributed by atoms with Crippen molar-refractivity contribution in [1.82, 2.24) is 15.3 Å². The van der Waals surface area contributed by atoms with Crippen molar-refractivity contribution in [3.63, 3.8) is 0 Å². The number of pyridine rings is 1. The average Bonchev–Trinajstić information content (AvgIpc) is 3.28. The lowest BCUT2D eigenvalue weighted by atomic mass is 10.1. The minimum absolute atomic E-state index is 0.348. The second-order valence-corrected chi connectivity index (χ2v) is 6.49. The predicted octanol–water partition coefficient (Wildman–Crippen LogP) is 3.63. The molecule has 0 unspecified atom stereocenters. The van der Waals surface area contributed by atoms with Gasteiger partial charge in [0.1, 0.15) is 17.0 Å². The van der Waals surface area contributed by atoms with Crippen LogP contribution in [-0.4, -0.2) is 15.3 Å². The van der Waals surface area contributed by atoms with Gasteiger partial charge in [-0.3, -0.25) is 0 Å². The maximum Gasteiger partial charge on any atom is 0.263 e. The second-order valence-electron chi connectivity index (χ2n) is 5.50. The molecule has 0 fully saturated rings. The quantitative estimate of drug-likeness (QED) is 0.302. The largest absolute Gasteiger partial charge is 0.618 e. The summed E-state index contributed by atoms with van der Waals surface area (Å²) in [6.45, 7) is 1.80. The van der Waals surface area contributed by atoms with E-state index in [1.807, 2.05) is 36.4 Å². The number of nitrogens with zero attached hydrogens (tertiary/aromatic N) is 4. The minimum atomic E-state index is 0.348. The van der Waals surface area contributed by atoms with Gasteiger partial charge in [-0.1, -0.05) is 40.6 Å². The molecule has 7 nitrogen and oxygen atoms in total. The van der Waals surface area contributed by atoms with Crippen molar-refractivity contribution in [3.8, 4) is 22.7 Å². The highest BCUT2D eigenvalue weighted by atomic mass is 32.2. The lowest BCUT2D eigenvalue weighted by Gasteiger charge is -2.00. The number of thioether (sulfide) groups is 1. The number of aromatic nitrogens is 4. The maximum atomic E-state index is 11.7. The summed E-state index contributed by atoms with van der Waals surface area (Å²) in [5, 5.41) is 20.4. The zero-order chi connectivity index (χ0) is 17.9. The lowest BCUT2D eigenvalue weighted by molar-refractivity contribution is -0.645. The SMILES string of the molecule is Cc1onc(-c2ccccc2)c1-c1nc(CSc2cccc[n+]2[O-])no1. The van der Waals surface area contributed by atoms with Crippen LogP contribution in [0.5, 0.6) is 0 Å². The van der Waals surface area contributed by atoms with Crippen LogP contribution in [0.1, 0.15) is 11.6 Å². The first-order valence-corrected chi connectivity index (χ1v) is 8.86. The minimum Gasteiger partial charge on any atom is -0.618 e. The summed E-state index contributed by atoms with van der Waals surface area (Å²) in [6, 6.07) is 14.9. The molecule has 4 aromatic rings. The highest BCUT2D eigenvalue weighted by Crippen LogP contribution is 2.33. The van der Waals surface area contributed by atoms with Gasteiger partial charge < -0.3 is 14.3 Å². The van der Waals surface area contributed by atoms with Crippen molar-refractivity contribution >= 4 is 11.8 Å². The number of rotatable bonds is 5. The van der Waals surface area contributed by atoms with Crippen molar-refractivity contribution in [2.75, 3.05) is 0 Å². The summed E-state index contributed by atoms with van der Waals surface area (Å²) in [6.07, 6.45) is 1.45. The van der Waals surface area contributed by atoms with Crippen LogP contribution in [0.3, 0.4) is 0 Å². The molecule has 0 radical (unpaired) electrons. The van der Waals surface area contributed by atoms with Gasteiger partial charge in [-0.25, -0.2) is 0 Å². The van der Waals surface area contributed by atoms with Gasteiger partial charge in [-0.15, -0.1) is 0 Å². The summed E-state index contributed by atoms with van der Waals surface area (Å²) >= 11 is 1.34. The van der Waals surface area contributed by atoms with Crippen LogP contribution in [-0.2, 0) is 5.75 Å². The van der Waals surface area contributed by atoms with E-state index in [1.165, 1.54) is 18.0 Å². The van der Waals surface area contributed by atoms with E-state index >= 15 is 0 Å². The smallest absolute Gasteiger partial charge is 0.263 e. The second kappa shape index (κ2) is 7.01. The Labute approximate surface area is 153 Å². The molecule has 0 aliphatic rings. The van der Waals surface area contributed by atoms with Gasteiger partial charge in [0.05, 0.1) is 5.75 Å². The van der Waals surface area contributed by atoms with Gasteiger partial charge in [0.15, 0.2) is 12.0 Å². The Morgan fingerprint density at radius 2 is 1.85 bits per heavy atom. The molecule has 0 spiro atoms. The van der Waals surface area contributed by atoms with E-state index in [9.17, 15) is 5.21 Å². The summed E-state index contributed by atoms with van der Waals surface area (Å²) in [4.78, 5) is 4.43. The Kier molecular flexibility index (Phi) is 4.40. The van der Waals surface area contributed by atoms with E-state index in [4.69, 9.17) is 9.05 Å². The van der Waals surface area contributed by atoms with Crippen LogP contribution in [0, 0.1) is 12.1 Å². The molecule has 0 aliphatic heterocycles. The normalized spacial score (nSPS) is 11.0. The lowest BCUT2D eigenvalue weighted by Crippen LogP contribution is -2.27. The number of aryl methyl sites for hydroxylation is 1. The summed E-state index contributed by atoms with van der Waals surface area (Å²) < 4.78 is 11.6. The molecule has 0 saturated heterocycles. The number of benzene rings is 1. The molecule has 0 N–H and O–H groups in total. The molecule has 0 saturated carbocycles. The van der Waals surface area contributed by atoms with Gasteiger partial charge in [0.25, 0.3) is 10.9 Å². The van der Waals surface area contributed by atoms with Crippen molar-refractivity contribution in [1.29, 1.82) is 0 Å². The Morgan fingerprint density at radius 3 is 2.65 bits per heavy atom. The fraction of sp³-hybridized carbons (Fsp3) is 0.111. The van der Waals surface area contributed by atoms with Crippen molar-refractivity contribution in [2.24, 2.45) is 0 Å². The van der Waals surface area contributed by atoms with Crippen molar-refractivity contribution in [2.45, 2.75) is 17.7 Å². The standard InChI is InChI=1S/C18H14N4O3S/c1-12-16(17(21-24-12)13-7-3-2-4-8-13)18-19-14(20-25-18)11-26-15-9-5-6-10-22(15)23/h2-10H,11H2,1H3. The third-order valence-electron chi connectivity index (χ3n) is 3.73. The Bertz CT molecular complexity index is 1030. The van der Waals surface area contributed by atoms with E-state index in [1.54, 1.807) is 19.1 Å². The summed E-state index contributed by atoms with van der Waals surface area (Å²) in [5.74, 6) is 1.86. The predicted molar refractivity (Wildman–Crippen MR) is 94.9 cm³/mol.